The molecule has 62 valence electrons. The Morgan fingerprint density at radius 3 is 1.60 bits per heavy atom. The average molecular weight is 172 g/mol. The van der Waals surface area contributed by atoms with E-state index in [0.29, 0.717) is 0 Å². The van der Waals surface area contributed by atoms with Crippen molar-refractivity contribution in [1.29, 1.82) is 0 Å². The lowest BCUT2D eigenvalue weighted by Crippen LogP contribution is -2.17. The molecule has 0 fully saturated rings. The van der Waals surface area contributed by atoms with Crippen molar-refractivity contribution < 1.29 is 13.2 Å². The standard InChI is InChI=1S/C6H11F3S/c1-5(2,3)10-4-6(7,8)9/h4H2,1-3H3. The molecule has 0 aliphatic carbocycles. The zero-order valence-corrected chi connectivity index (χ0v) is 7.07. The molecule has 0 rings (SSSR count). The van der Waals surface area contributed by atoms with Crippen molar-refractivity contribution in [3.8, 4) is 0 Å². The van der Waals surface area contributed by atoms with Crippen LogP contribution in [0.15, 0.2) is 0 Å². The summed E-state index contributed by atoms with van der Waals surface area (Å²) in [6.07, 6.45) is -4.03. The summed E-state index contributed by atoms with van der Waals surface area (Å²) in [5, 5.41) is 0. The first-order valence-electron chi connectivity index (χ1n) is 2.91. The molecule has 0 aliphatic rings. The minimum atomic E-state index is -4.03. The number of thioether (sulfide) groups is 1. The van der Waals surface area contributed by atoms with Gasteiger partial charge in [0.25, 0.3) is 0 Å². The van der Waals surface area contributed by atoms with Gasteiger partial charge in [0.15, 0.2) is 0 Å². The third-order valence-corrected chi connectivity index (χ3v) is 2.01. The Morgan fingerprint density at radius 1 is 1.10 bits per heavy atom. The first-order chi connectivity index (χ1) is 4.21. The Labute approximate surface area is 63.2 Å². The van der Waals surface area contributed by atoms with Gasteiger partial charge in [0.05, 0.1) is 5.75 Å². The van der Waals surface area contributed by atoms with Crippen LogP contribution in [0.4, 0.5) is 13.2 Å². The fourth-order valence-electron chi connectivity index (χ4n) is 0.298. The quantitative estimate of drug-likeness (QED) is 0.585. The number of rotatable bonds is 1. The van der Waals surface area contributed by atoms with Crippen LogP contribution in [0, 0.1) is 0 Å². The van der Waals surface area contributed by atoms with E-state index in [-0.39, 0.29) is 4.75 Å². The van der Waals surface area contributed by atoms with Crippen LogP contribution in [0.25, 0.3) is 0 Å². The summed E-state index contributed by atoms with van der Waals surface area (Å²) in [6, 6.07) is 0. The topological polar surface area (TPSA) is 0 Å². The second-order valence-corrected chi connectivity index (χ2v) is 4.82. The zero-order chi connectivity index (χ0) is 8.41. The Morgan fingerprint density at radius 2 is 1.50 bits per heavy atom. The first kappa shape index (κ1) is 10.1. The molecule has 0 N–H and O–H groups in total. The molecule has 4 heteroatoms. The maximum atomic E-state index is 11.6. The molecule has 0 spiro atoms. The maximum absolute atomic E-state index is 11.6. The van der Waals surface area contributed by atoms with Crippen LogP contribution >= 0.6 is 11.8 Å². The maximum Gasteiger partial charge on any atom is 0.397 e. The molecule has 0 aliphatic heterocycles. The molecular formula is C6H11F3S. The van der Waals surface area contributed by atoms with Gasteiger partial charge in [-0.25, -0.2) is 0 Å². The van der Waals surface area contributed by atoms with Gasteiger partial charge in [-0.05, 0) is 0 Å². The SMILES string of the molecule is CC(C)(C)SCC(F)(F)F. The molecule has 0 heterocycles. The molecule has 0 aromatic rings. The van der Waals surface area contributed by atoms with Crippen molar-refractivity contribution in [3.05, 3.63) is 0 Å². The highest BCUT2D eigenvalue weighted by Crippen LogP contribution is 2.30. The van der Waals surface area contributed by atoms with Crippen LogP contribution in [0.5, 0.6) is 0 Å². The van der Waals surface area contributed by atoms with Gasteiger partial charge >= 0.3 is 6.18 Å². The van der Waals surface area contributed by atoms with E-state index < -0.39 is 11.9 Å². The van der Waals surface area contributed by atoms with Crippen molar-refractivity contribution in [2.75, 3.05) is 5.75 Å². The van der Waals surface area contributed by atoms with E-state index in [4.69, 9.17) is 0 Å². The number of hydrogen-bond acceptors (Lipinski definition) is 1. The van der Waals surface area contributed by atoms with Crippen molar-refractivity contribution in [2.24, 2.45) is 0 Å². The average Bonchev–Trinajstić information content (AvgIpc) is 1.57. The fraction of sp³-hybridized carbons (Fsp3) is 1.00. The summed E-state index contributed by atoms with van der Waals surface area (Å²) in [4.78, 5) is 0. The predicted molar refractivity (Wildman–Crippen MR) is 38.3 cm³/mol. The van der Waals surface area contributed by atoms with Gasteiger partial charge in [-0.3, -0.25) is 0 Å². The summed E-state index contributed by atoms with van der Waals surface area (Å²) < 4.78 is 34.4. The molecular weight excluding hydrogens is 161 g/mol. The molecule has 0 amide bonds. The van der Waals surface area contributed by atoms with Gasteiger partial charge in [-0.1, -0.05) is 20.8 Å². The highest BCUT2D eigenvalue weighted by Gasteiger charge is 2.29. The number of alkyl halides is 3. The molecule has 0 saturated carbocycles. The minimum Gasteiger partial charge on any atom is -0.170 e. The van der Waals surface area contributed by atoms with Crippen LogP contribution in [-0.2, 0) is 0 Å². The van der Waals surface area contributed by atoms with E-state index in [0.717, 1.165) is 11.8 Å². The Bertz CT molecular complexity index is 86.5. The minimum absolute atomic E-state index is 0.296. The summed E-state index contributed by atoms with van der Waals surface area (Å²) in [5.74, 6) is -0.753. The number of hydrogen-bond donors (Lipinski definition) is 0. The highest BCUT2D eigenvalue weighted by atomic mass is 32.2. The van der Waals surface area contributed by atoms with Gasteiger partial charge in [0.2, 0.25) is 0 Å². The monoisotopic (exact) mass is 172 g/mol. The van der Waals surface area contributed by atoms with Crippen LogP contribution in [-0.4, -0.2) is 16.7 Å². The van der Waals surface area contributed by atoms with Crippen molar-refractivity contribution in [2.45, 2.75) is 31.7 Å². The predicted octanol–water partition coefficient (Wildman–Crippen LogP) is 3.08. The normalized spacial score (nSPS) is 13.8. The fourth-order valence-corrected chi connectivity index (χ4v) is 0.895. The van der Waals surface area contributed by atoms with E-state index in [1.165, 1.54) is 0 Å². The highest BCUT2D eigenvalue weighted by molar-refractivity contribution is 8.00. The van der Waals surface area contributed by atoms with Gasteiger partial charge in [-0.15, -0.1) is 11.8 Å². The Balaban J connectivity index is 3.56. The van der Waals surface area contributed by atoms with Crippen molar-refractivity contribution in [3.63, 3.8) is 0 Å². The molecule has 0 aromatic carbocycles. The summed E-state index contributed by atoms with van der Waals surface area (Å²) in [7, 11) is 0. The van der Waals surface area contributed by atoms with Crippen LogP contribution in [0.3, 0.4) is 0 Å². The number of halogens is 3. The smallest absolute Gasteiger partial charge is 0.170 e. The van der Waals surface area contributed by atoms with E-state index >= 15 is 0 Å². The lowest BCUT2D eigenvalue weighted by atomic mass is 10.3. The van der Waals surface area contributed by atoms with E-state index in [9.17, 15) is 13.2 Å². The van der Waals surface area contributed by atoms with Gasteiger partial charge in [0, 0.05) is 4.75 Å². The molecule has 0 nitrogen and oxygen atoms in total. The summed E-state index contributed by atoms with van der Waals surface area (Å²) in [6.45, 7) is 5.30. The molecule has 10 heavy (non-hydrogen) atoms. The van der Waals surface area contributed by atoms with Crippen molar-refractivity contribution in [1.82, 2.24) is 0 Å². The van der Waals surface area contributed by atoms with Crippen LogP contribution in [0.1, 0.15) is 20.8 Å². The lowest BCUT2D eigenvalue weighted by molar-refractivity contribution is -0.105. The third-order valence-electron chi connectivity index (χ3n) is 0.669. The summed E-state index contributed by atoms with van der Waals surface area (Å²) >= 11 is 0.916. The molecule has 0 aromatic heterocycles. The van der Waals surface area contributed by atoms with Crippen LogP contribution < -0.4 is 0 Å². The second kappa shape index (κ2) is 3.03. The largest absolute Gasteiger partial charge is 0.397 e. The van der Waals surface area contributed by atoms with Gasteiger partial charge in [0.1, 0.15) is 0 Å². The lowest BCUT2D eigenvalue weighted by Gasteiger charge is -2.18. The second-order valence-electron chi connectivity index (χ2n) is 3.02. The summed E-state index contributed by atoms with van der Waals surface area (Å²) in [5.41, 5.74) is 0. The Hall–Kier alpha value is 0.140. The van der Waals surface area contributed by atoms with E-state index in [1.54, 1.807) is 20.8 Å². The molecule has 0 atom stereocenters. The zero-order valence-electron chi connectivity index (χ0n) is 6.25. The van der Waals surface area contributed by atoms with E-state index in [2.05, 4.69) is 0 Å². The van der Waals surface area contributed by atoms with Gasteiger partial charge in [-0.2, -0.15) is 13.2 Å². The molecule has 0 bridgehead atoms. The molecule has 0 unspecified atom stereocenters. The third kappa shape index (κ3) is 8.14. The van der Waals surface area contributed by atoms with Crippen molar-refractivity contribution >= 4 is 11.8 Å². The Kier molecular flexibility index (Phi) is 3.07. The van der Waals surface area contributed by atoms with E-state index in [1.807, 2.05) is 0 Å². The van der Waals surface area contributed by atoms with Gasteiger partial charge < -0.3 is 0 Å². The first-order valence-corrected chi connectivity index (χ1v) is 3.90. The molecule has 0 radical (unpaired) electrons. The van der Waals surface area contributed by atoms with Crippen LogP contribution in [0.2, 0.25) is 0 Å². The molecule has 0 saturated heterocycles.